The molecule has 0 N–H and O–H groups in total. The third-order valence-corrected chi connectivity index (χ3v) is 3.52. The Morgan fingerprint density at radius 3 is 2.88 bits per heavy atom. The molecule has 1 fully saturated rings. The number of ketones is 1. The van der Waals surface area contributed by atoms with Crippen molar-refractivity contribution in [1.29, 1.82) is 5.26 Å². The van der Waals surface area contributed by atoms with Crippen LogP contribution in [0.5, 0.6) is 0 Å². The zero-order valence-electron chi connectivity index (χ0n) is 9.15. The second kappa shape index (κ2) is 2.72. The standard InChI is InChI=1S/C13H11NO2/c1-13(2)11(15)8-4-3-7(6-14)5-9(8)10-12(13)16-10/h3-5,10,12H,1-2H3/t10-,12-/m1/s1. The monoisotopic (exact) mass is 213 g/mol. The van der Waals surface area contributed by atoms with Crippen LogP contribution in [-0.2, 0) is 4.74 Å². The van der Waals surface area contributed by atoms with Crippen LogP contribution in [0.3, 0.4) is 0 Å². The molecule has 0 spiro atoms. The minimum absolute atomic E-state index is 0.0102. The fourth-order valence-electron chi connectivity index (χ4n) is 2.45. The molecule has 16 heavy (non-hydrogen) atoms. The Balaban J connectivity index is 2.19. The number of ether oxygens (including phenoxy) is 1. The summed E-state index contributed by atoms with van der Waals surface area (Å²) in [5.74, 6) is 0.116. The van der Waals surface area contributed by atoms with E-state index in [2.05, 4.69) is 6.07 Å². The van der Waals surface area contributed by atoms with Gasteiger partial charge in [0.15, 0.2) is 5.78 Å². The zero-order valence-corrected chi connectivity index (χ0v) is 9.15. The lowest BCUT2D eigenvalue weighted by molar-refractivity contribution is 0.0792. The van der Waals surface area contributed by atoms with E-state index in [1.807, 2.05) is 13.8 Å². The summed E-state index contributed by atoms with van der Waals surface area (Å²) in [6.45, 7) is 3.84. The number of benzene rings is 1. The molecule has 3 rings (SSSR count). The molecule has 3 heteroatoms. The minimum atomic E-state index is -0.439. The van der Waals surface area contributed by atoms with Gasteiger partial charge in [0.2, 0.25) is 0 Å². The highest BCUT2D eigenvalue weighted by Gasteiger charge is 2.58. The van der Waals surface area contributed by atoms with E-state index < -0.39 is 5.41 Å². The van der Waals surface area contributed by atoms with Crippen molar-refractivity contribution in [3.05, 3.63) is 34.9 Å². The Hall–Kier alpha value is -1.66. The first-order chi connectivity index (χ1) is 7.55. The summed E-state index contributed by atoms with van der Waals surface area (Å²) in [6, 6.07) is 7.29. The lowest BCUT2D eigenvalue weighted by Gasteiger charge is -2.26. The summed E-state index contributed by atoms with van der Waals surface area (Å²) in [7, 11) is 0. The second-order valence-electron chi connectivity index (χ2n) is 4.94. The lowest BCUT2D eigenvalue weighted by Crippen LogP contribution is -2.34. The van der Waals surface area contributed by atoms with E-state index in [9.17, 15) is 4.79 Å². The van der Waals surface area contributed by atoms with Crippen molar-refractivity contribution in [3.8, 4) is 6.07 Å². The maximum atomic E-state index is 12.2. The first-order valence-electron chi connectivity index (χ1n) is 5.30. The normalized spacial score (nSPS) is 28.9. The first-order valence-corrected chi connectivity index (χ1v) is 5.30. The molecule has 1 aromatic carbocycles. The number of hydrogen-bond acceptors (Lipinski definition) is 3. The Kier molecular flexibility index (Phi) is 1.62. The van der Waals surface area contributed by atoms with Gasteiger partial charge in [-0.15, -0.1) is 0 Å². The Morgan fingerprint density at radius 1 is 1.44 bits per heavy atom. The van der Waals surface area contributed by atoms with Gasteiger partial charge in [-0.1, -0.05) is 0 Å². The molecule has 1 aliphatic heterocycles. The van der Waals surface area contributed by atoms with Crippen LogP contribution in [0.25, 0.3) is 0 Å². The van der Waals surface area contributed by atoms with Crippen LogP contribution >= 0.6 is 0 Å². The van der Waals surface area contributed by atoms with Gasteiger partial charge in [0.1, 0.15) is 12.2 Å². The molecular weight excluding hydrogens is 202 g/mol. The number of rotatable bonds is 0. The number of hydrogen-bond donors (Lipinski definition) is 0. The van der Waals surface area contributed by atoms with Gasteiger partial charge < -0.3 is 4.74 Å². The number of fused-ring (bicyclic) bond motifs is 3. The van der Waals surface area contributed by atoms with Crippen molar-refractivity contribution in [3.63, 3.8) is 0 Å². The maximum absolute atomic E-state index is 12.2. The van der Waals surface area contributed by atoms with Gasteiger partial charge >= 0.3 is 0 Å². The smallest absolute Gasteiger partial charge is 0.171 e. The number of nitrogens with zero attached hydrogens (tertiary/aromatic N) is 1. The summed E-state index contributed by atoms with van der Waals surface area (Å²) < 4.78 is 5.56. The molecule has 80 valence electrons. The summed E-state index contributed by atoms with van der Waals surface area (Å²) in [5, 5.41) is 8.83. The van der Waals surface area contributed by atoms with Crippen molar-refractivity contribution in [2.75, 3.05) is 0 Å². The molecule has 0 aromatic heterocycles. The molecule has 1 saturated heterocycles. The summed E-state index contributed by atoms with van der Waals surface area (Å²) in [6.07, 6.45) is -0.00237. The third kappa shape index (κ3) is 1.03. The van der Waals surface area contributed by atoms with Crippen molar-refractivity contribution >= 4 is 5.78 Å². The van der Waals surface area contributed by atoms with Crippen LogP contribution in [0, 0.1) is 16.7 Å². The zero-order chi connectivity index (χ0) is 11.5. The highest BCUT2D eigenvalue weighted by atomic mass is 16.6. The highest BCUT2D eigenvalue weighted by molar-refractivity contribution is 6.03. The summed E-state index contributed by atoms with van der Waals surface area (Å²) in [4.78, 5) is 12.2. The van der Waals surface area contributed by atoms with Crippen LogP contribution in [0.4, 0.5) is 0 Å². The molecule has 3 nitrogen and oxygen atoms in total. The predicted molar refractivity (Wildman–Crippen MR) is 56.9 cm³/mol. The van der Waals surface area contributed by atoms with Gasteiger partial charge in [-0.2, -0.15) is 5.26 Å². The lowest BCUT2D eigenvalue weighted by atomic mass is 9.73. The molecule has 1 aliphatic carbocycles. The largest absolute Gasteiger partial charge is 0.363 e. The number of epoxide rings is 1. The Morgan fingerprint density at radius 2 is 2.19 bits per heavy atom. The third-order valence-electron chi connectivity index (χ3n) is 3.52. The number of carbonyl (C=O) groups excluding carboxylic acids is 1. The van der Waals surface area contributed by atoms with E-state index in [1.165, 1.54) is 0 Å². The quantitative estimate of drug-likeness (QED) is 0.621. The molecule has 0 radical (unpaired) electrons. The predicted octanol–water partition coefficient (Wildman–Crippen LogP) is 2.22. The van der Waals surface area contributed by atoms with Crippen LogP contribution < -0.4 is 0 Å². The van der Waals surface area contributed by atoms with Gasteiger partial charge in [0.25, 0.3) is 0 Å². The molecule has 1 aromatic rings. The fourth-order valence-corrected chi connectivity index (χ4v) is 2.45. The van der Waals surface area contributed by atoms with Gasteiger partial charge in [-0.3, -0.25) is 4.79 Å². The maximum Gasteiger partial charge on any atom is 0.171 e. The Bertz CT molecular complexity index is 539. The molecule has 0 bridgehead atoms. The average Bonchev–Trinajstić information content (AvgIpc) is 3.06. The molecule has 0 amide bonds. The summed E-state index contributed by atoms with van der Waals surface area (Å²) >= 11 is 0. The van der Waals surface area contributed by atoms with E-state index in [0.717, 1.165) is 5.56 Å². The number of nitriles is 1. The van der Waals surface area contributed by atoms with Crippen LogP contribution in [0.2, 0.25) is 0 Å². The number of Topliss-reactive ketones (excluding diaryl/α,β-unsaturated/α-hetero) is 1. The number of carbonyl (C=O) groups is 1. The Labute approximate surface area is 93.6 Å². The molecule has 0 unspecified atom stereocenters. The van der Waals surface area contributed by atoms with Crippen molar-refractivity contribution in [1.82, 2.24) is 0 Å². The fraction of sp³-hybridized carbons (Fsp3) is 0.385. The van der Waals surface area contributed by atoms with Crippen molar-refractivity contribution < 1.29 is 9.53 Å². The van der Waals surface area contributed by atoms with E-state index in [0.29, 0.717) is 11.1 Å². The van der Waals surface area contributed by atoms with E-state index >= 15 is 0 Å². The highest BCUT2D eigenvalue weighted by Crippen LogP contribution is 2.55. The van der Waals surface area contributed by atoms with E-state index in [1.54, 1.807) is 18.2 Å². The van der Waals surface area contributed by atoms with Crippen molar-refractivity contribution in [2.45, 2.75) is 26.1 Å². The van der Waals surface area contributed by atoms with E-state index in [-0.39, 0.29) is 18.0 Å². The average molecular weight is 213 g/mol. The van der Waals surface area contributed by atoms with Crippen molar-refractivity contribution in [2.24, 2.45) is 5.41 Å². The van der Waals surface area contributed by atoms with Gasteiger partial charge in [0, 0.05) is 5.56 Å². The first kappa shape index (κ1) is 9.56. The SMILES string of the molecule is CC1(C)C(=O)c2ccc(C#N)cc2[C@H]2O[C@H]21. The van der Waals surface area contributed by atoms with Crippen LogP contribution in [-0.4, -0.2) is 11.9 Å². The second-order valence-corrected chi connectivity index (χ2v) is 4.94. The molecule has 0 saturated carbocycles. The van der Waals surface area contributed by atoms with Crippen LogP contribution in [0.15, 0.2) is 18.2 Å². The van der Waals surface area contributed by atoms with E-state index in [4.69, 9.17) is 10.00 Å². The molecular formula is C13H11NO2. The summed E-state index contributed by atoms with van der Waals surface area (Å²) in [5.41, 5.74) is 1.74. The van der Waals surface area contributed by atoms with Crippen LogP contribution in [0.1, 0.15) is 41.4 Å². The molecule has 2 aliphatic rings. The molecule has 2 atom stereocenters. The van der Waals surface area contributed by atoms with Gasteiger partial charge in [0.05, 0.1) is 17.0 Å². The topological polar surface area (TPSA) is 53.4 Å². The minimum Gasteiger partial charge on any atom is -0.363 e. The van der Waals surface area contributed by atoms with Gasteiger partial charge in [-0.05, 0) is 37.6 Å². The van der Waals surface area contributed by atoms with Gasteiger partial charge in [-0.25, -0.2) is 0 Å². The molecule has 1 heterocycles.